The second-order valence-electron chi connectivity index (χ2n) is 9.65. The summed E-state index contributed by atoms with van der Waals surface area (Å²) in [5, 5.41) is 9.93. The zero-order chi connectivity index (χ0) is 25.6. The summed E-state index contributed by atoms with van der Waals surface area (Å²) in [6.07, 6.45) is 0.989. The number of aryl methyl sites for hydroxylation is 2. The normalized spacial score (nSPS) is 21.5. The molecule has 2 aromatic carbocycles. The van der Waals surface area contributed by atoms with E-state index in [0.717, 1.165) is 34.1 Å². The second-order valence-corrected chi connectivity index (χ2v) is 9.65. The van der Waals surface area contributed by atoms with E-state index in [9.17, 15) is 9.59 Å². The Bertz CT molecular complexity index is 1230. The lowest BCUT2D eigenvalue weighted by atomic mass is 10.1. The first-order chi connectivity index (χ1) is 18.0. The van der Waals surface area contributed by atoms with E-state index in [4.69, 9.17) is 14.0 Å². The third-order valence-electron chi connectivity index (χ3n) is 6.58. The Hall–Kier alpha value is -3.69. The largest absolute Gasteiger partial charge is 0.457 e. The number of ether oxygens (including phenoxy) is 2. The van der Waals surface area contributed by atoms with E-state index >= 15 is 0 Å². The highest BCUT2D eigenvalue weighted by Crippen LogP contribution is 2.25. The van der Waals surface area contributed by atoms with Crippen LogP contribution < -0.4 is 15.4 Å². The topological polar surface area (TPSA) is 106 Å². The first kappa shape index (κ1) is 25.0. The van der Waals surface area contributed by atoms with Crippen molar-refractivity contribution in [3.8, 4) is 11.5 Å². The minimum atomic E-state index is -0.203. The minimum absolute atomic E-state index is 0.0741. The fourth-order valence-corrected chi connectivity index (χ4v) is 4.70. The van der Waals surface area contributed by atoms with Crippen molar-refractivity contribution in [3.05, 3.63) is 77.2 Å². The molecule has 3 aliphatic rings. The predicted molar refractivity (Wildman–Crippen MR) is 136 cm³/mol. The van der Waals surface area contributed by atoms with Crippen LogP contribution in [0.15, 0.2) is 59.1 Å². The van der Waals surface area contributed by atoms with Crippen LogP contribution in [-0.4, -0.2) is 53.7 Å². The van der Waals surface area contributed by atoms with Crippen molar-refractivity contribution in [1.29, 1.82) is 0 Å². The number of nitrogens with zero attached hydrogens (tertiary/aromatic N) is 2. The number of nitrogens with one attached hydrogen (secondary N) is 2. The van der Waals surface area contributed by atoms with Gasteiger partial charge in [-0.25, -0.2) is 0 Å². The van der Waals surface area contributed by atoms with Crippen LogP contribution in [0, 0.1) is 6.92 Å². The minimum Gasteiger partial charge on any atom is -0.457 e. The molecule has 4 heterocycles. The molecule has 0 radical (unpaired) electrons. The van der Waals surface area contributed by atoms with Gasteiger partial charge in [0, 0.05) is 38.5 Å². The Morgan fingerprint density at radius 2 is 1.81 bits per heavy atom. The average Bonchev–Trinajstić information content (AvgIpc) is 3.47. The first-order valence-electron chi connectivity index (χ1n) is 12.7. The Morgan fingerprint density at radius 3 is 2.62 bits per heavy atom. The molecule has 0 saturated carbocycles. The molecule has 2 atom stereocenters. The number of rotatable bonds is 2. The van der Waals surface area contributed by atoms with Crippen molar-refractivity contribution in [1.82, 2.24) is 20.7 Å². The molecule has 1 fully saturated rings. The zero-order valence-electron chi connectivity index (χ0n) is 20.9. The summed E-state index contributed by atoms with van der Waals surface area (Å²) in [5.41, 5.74) is 2.87. The maximum atomic E-state index is 12.7. The van der Waals surface area contributed by atoms with E-state index in [1.165, 1.54) is 0 Å². The molecule has 194 valence electrons. The lowest BCUT2D eigenvalue weighted by Gasteiger charge is -2.21. The van der Waals surface area contributed by atoms with Gasteiger partial charge in [-0.1, -0.05) is 29.4 Å². The fourth-order valence-electron chi connectivity index (χ4n) is 4.70. The summed E-state index contributed by atoms with van der Waals surface area (Å²) in [7, 11) is 0. The molecule has 0 unspecified atom stereocenters. The van der Waals surface area contributed by atoms with Crippen molar-refractivity contribution in [2.45, 2.75) is 51.5 Å². The Labute approximate surface area is 216 Å². The Morgan fingerprint density at radius 1 is 0.946 bits per heavy atom. The standard InChI is InChI=1S/C28H32N4O5/c1-19-13-24(37-31-19)15-32-16-25-26(17-32)35-18-21-3-2-4-23(14-21)36-22-8-5-20(6-9-22)7-10-27(33)29-12-11-28(34)30-25/h2-6,8-9,13-14,25-26H,7,10-12,15-18H2,1H3,(H,29,33)(H,30,34)/t25-,26-/m0/s1. The predicted octanol–water partition coefficient (Wildman–Crippen LogP) is 3.11. The van der Waals surface area contributed by atoms with Gasteiger partial charge in [0.15, 0.2) is 5.76 Å². The molecule has 37 heavy (non-hydrogen) atoms. The van der Waals surface area contributed by atoms with Crippen LogP contribution in [0.4, 0.5) is 0 Å². The maximum Gasteiger partial charge on any atom is 0.222 e. The van der Waals surface area contributed by atoms with Crippen molar-refractivity contribution < 1.29 is 23.6 Å². The van der Waals surface area contributed by atoms with Crippen LogP contribution in [0.5, 0.6) is 11.5 Å². The molecule has 9 heteroatoms. The van der Waals surface area contributed by atoms with Gasteiger partial charge in [0.2, 0.25) is 11.8 Å². The molecular formula is C28H32N4O5. The van der Waals surface area contributed by atoms with Gasteiger partial charge in [-0.05, 0) is 48.7 Å². The smallest absolute Gasteiger partial charge is 0.222 e. The highest BCUT2D eigenvalue weighted by molar-refractivity contribution is 5.79. The van der Waals surface area contributed by atoms with Gasteiger partial charge in [-0.15, -0.1) is 0 Å². The van der Waals surface area contributed by atoms with E-state index in [1.807, 2.05) is 61.5 Å². The first-order valence-corrected chi connectivity index (χ1v) is 12.7. The highest BCUT2D eigenvalue weighted by atomic mass is 16.5. The van der Waals surface area contributed by atoms with Crippen LogP contribution in [0.1, 0.15) is 35.4 Å². The summed E-state index contributed by atoms with van der Waals surface area (Å²) in [4.78, 5) is 27.2. The third kappa shape index (κ3) is 6.96. The number of fused-ring (bicyclic) bond motifs is 10. The molecule has 1 saturated heterocycles. The van der Waals surface area contributed by atoms with Crippen molar-refractivity contribution >= 4 is 11.8 Å². The second kappa shape index (κ2) is 11.6. The average molecular weight is 505 g/mol. The maximum absolute atomic E-state index is 12.7. The lowest BCUT2D eigenvalue weighted by Crippen LogP contribution is -2.44. The van der Waals surface area contributed by atoms with E-state index in [-0.39, 0.29) is 30.4 Å². The van der Waals surface area contributed by atoms with Gasteiger partial charge in [0.05, 0.1) is 31.0 Å². The number of amides is 2. The summed E-state index contributed by atoms with van der Waals surface area (Å²) in [6, 6.07) is 17.3. The van der Waals surface area contributed by atoms with Gasteiger partial charge < -0.3 is 24.6 Å². The van der Waals surface area contributed by atoms with E-state index in [0.29, 0.717) is 45.6 Å². The molecular weight excluding hydrogens is 472 g/mol. The van der Waals surface area contributed by atoms with E-state index in [2.05, 4.69) is 20.7 Å². The fraction of sp³-hybridized carbons (Fsp3) is 0.393. The van der Waals surface area contributed by atoms with Crippen LogP contribution in [-0.2, 0) is 33.9 Å². The molecule has 1 aromatic heterocycles. The molecule has 0 spiro atoms. The summed E-state index contributed by atoms with van der Waals surface area (Å²) >= 11 is 0. The Kier molecular flexibility index (Phi) is 7.82. The lowest BCUT2D eigenvalue weighted by molar-refractivity contribution is -0.123. The zero-order valence-corrected chi connectivity index (χ0v) is 20.9. The molecule has 9 nitrogen and oxygen atoms in total. The van der Waals surface area contributed by atoms with E-state index < -0.39 is 0 Å². The summed E-state index contributed by atoms with van der Waals surface area (Å²) < 4.78 is 17.8. The molecule has 2 amide bonds. The van der Waals surface area contributed by atoms with Crippen LogP contribution >= 0.6 is 0 Å². The summed E-state index contributed by atoms with van der Waals surface area (Å²) in [5.74, 6) is 2.05. The molecule has 3 aliphatic heterocycles. The molecule has 2 N–H and O–H groups in total. The number of carbonyl (C=O) groups is 2. The number of likely N-dealkylation sites (tertiary alicyclic amines) is 1. The van der Waals surface area contributed by atoms with Crippen molar-refractivity contribution in [3.63, 3.8) is 0 Å². The SMILES string of the molecule is Cc1cc(CN2C[C@@H]3NC(=O)CCNC(=O)CCc4ccc(cc4)Oc4cccc(c4)CO[C@H]3C2)on1. The quantitative estimate of drug-likeness (QED) is 0.552. The molecule has 0 aliphatic carbocycles. The van der Waals surface area contributed by atoms with Gasteiger partial charge in [-0.2, -0.15) is 0 Å². The molecule has 6 rings (SSSR count). The third-order valence-corrected chi connectivity index (χ3v) is 6.58. The van der Waals surface area contributed by atoms with Gasteiger partial charge >= 0.3 is 0 Å². The van der Waals surface area contributed by atoms with Crippen molar-refractivity contribution in [2.24, 2.45) is 0 Å². The van der Waals surface area contributed by atoms with E-state index in [1.54, 1.807) is 0 Å². The Balaban J connectivity index is 1.31. The number of hydrogen-bond acceptors (Lipinski definition) is 7. The number of hydrogen-bond donors (Lipinski definition) is 2. The van der Waals surface area contributed by atoms with Gasteiger partial charge in [0.1, 0.15) is 11.5 Å². The molecule has 4 bridgehead atoms. The monoisotopic (exact) mass is 504 g/mol. The van der Waals surface area contributed by atoms with Crippen molar-refractivity contribution in [2.75, 3.05) is 19.6 Å². The van der Waals surface area contributed by atoms with Crippen LogP contribution in [0.2, 0.25) is 0 Å². The molecule has 3 aromatic rings. The summed E-state index contributed by atoms with van der Waals surface area (Å²) in [6.45, 7) is 4.43. The number of benzene rings is 2. The number of aromatic nitrogens is 1. The van der Waals surface area contributed by atoms with Gasteiger partial charge in [-0.3, -0.25) is 14.5 Å². The highest BCUT2D eigenvalue weighted by Gasteiger charge is 2.35. The number of carbonyl (C=O) groups excluding carboxylic acids is 2. The van der Waals surface area contributed by atoms with Crippen LogP contribution in [0.25, 0.3) is 0 Å². The van der Waals surface area contributed by atoms with Gasteiger partial charge in [0.25, 0.3) is 0 Å². The van der Waals surface area contributed by atoms with Crippen LogP contribution in [0.3, 0.4) is 0 Å².